The second-order valence-electron chi connectivity index (χ2n) is 8.17. The molecular formula is C21H34O2. The minimum atomic E-state index is -0.168. The highest BCUT2D eigenvalue weighted by Gasteiger charge is 2.52. The summed E-state index contributed by atoms with van der Waals surface area (Å²) in [5, 5.41) is 0. The van der Waals surface area contributed by atoms with E-state index in [4.69, 9.17) is 4.74 Å². The first kappa shape index (κ1) is 18.3. The maximum atomic E-state index is 11.9. The molecule has 0 radical (unpaired) electrons. The van der Waals surface area contributed by atoms with Crippen LogP contribution in [0.3, 0.4) is 0 Å². The highest BCUT2D eigenvalue weighted by atomic mass is 16.5. The summed E-state index contributed by atoms with van der Waals surface area (Å²) in [4.78, 5) is 11.9. The molecule has 0 aromatic carbocycles. The molecule has 2 saturated carbocycles. The number of allylic oxidation sites excluding steroid dienone is 2. The van der Waals surface area contributed by atoms with Crippen molar-refractivity contribution in [2.24, 2.45) is 28.6 Å². The van der Waals surface area contributed by atoms with E-state index in [1.807, 2.05) is 13.8 Å². The lowest BCUT2D eigenvalue weighted by molar-refractivity contribution is -0.145. The number of ether oxygens (including phenoxy) is 1. The van der Waals surface area contributed by atoms with E-state index in [1.165, 1.54) is 37.7 Å². The van der Waals surface area contributed by atoms with Gasteiger partial charge in [0, 0.05) is 0 Å². The Labute approximate surface area is 142 Å². The minimum Gasteiger partial charge on any atom is -0.466 e. The molecule has 23 heavy (non-hydrogen) atoms. The fraction of sp³-hybridized carbons (Fsp3) is 0.762. The predicted octanol–water partition coefficient (Wildman–Crippen LogP) is 5.54. The molecule has 0 aliphatic heterocycles. The van der Waals surface area contributed by atoms with Gasteiger partial charge in [0.15, 0.2) is 0 Å². The monoisotopic (exact) mass is 318 g/mol. The molecule has 0 spiro atoms. The van der Waals surface area contributed by atoms with Gasteiger partial charge in [0.25, 0.3) is 0 Å². The molecule has 2 fully saturated rings. The van der Waals surface area contributed by atoms with Crippen LogP contribution < -0.4 is 0 Å². The van der Waals surface area contributed by atoms with Crippen molar-refractivity contribution in [1.82, 2.24) is 0 Å². The number of rotatable bonds is 4. The molecule has 0 aromatic rings. The van der Waals surface area contributed by atoms with Crippen molar-refractivity contribution in [3.05, 3.63) is 24.3 Å². The summed E-state index contributed by atoms with van der Waals surface area (Å²) in [5.74, 6) is 0.980. The lowest BCUT2D eigenvalue weighted by Gasteiger charge is -2.57. The molecule has 2 aliphatic carbocycles. The van der Waals surface area contributed by atoms with Crippen LogP contribution in [0.25, 0.3) is 0 Å². The Hall–Kier alpha value is -1.05. The first-order valence-electron chi connectivity index (χ1n) is 9.30. The lowest BCUT2D eigenvalue weighted by Crippen LogP contribution is -2.49. The van der Waals surface area contributed by atoms with Gasteiger partial charge in [-0.05, 0) is 68.6 Å². The first-order chi connectivity index (χ1) is 10.8. The SMILES string of the molecule is C=C1CCCC2C1(C)CCC(C)C2(C)C=CC(C)C(=O)OCC. The summed E-state index contributed by atoms with van der Waals surface area (Å²) >= 11 is 0. The molecule has 0 N–H and O–H groups in total. The third-order valence-electron chi connectivity index (χ3n) is 6.86. The van der Waals surface area contributed by atoms with Crippen LogP contribution in [0.5, 0.6) is 0 Å². The number of hydrogen-bond acceptors (Lipinski definition) is 2. The number of carbonyl (C=O) groups is 1. The maximum absolute atomic E-state index is 11.9. The fourth-order valence-corrected chi connectivity index (χ4v) is 4.87. The van der Waals surface area contributed by atoms with Crippen molar-refractivity contribution >= 4 is 5.97 Å². The first-order valence-corrected chi connectivity index (χ1v) is 9.30. The highest BCUT2D eigenvalue weighted by molar-refractivity contribution is 5.73. The number of carbonyl (C=O) groups excluding carboxylic acids is 1. The molecule has 2 aliphatic rings. The molecule has 0 saturated heterocycles. The Morgan fingerprint density at radius 3 is 2.78 bits per heavy atom. The van der Waals surface area contributed by atoms with Gasteiger partial charge in [-0.25, -0.2) is 0 Å². The smallest absolute Gasteiger partial charge is 0.312 e. The second-order valence-corrected chi connectivity index (χ2v) is 8.17. The van der Waals surface area contributed by atoms with Crippen LogP contribution in [0.4, 0.5) is 0 Å². The number of fused-ring (bicyclic) bond motifs is 1. The topological polar surface area (TPSA) is 26.3 Å². The van der Waals surface area contributed by atoms with Gasteiger partial charge in [0.1, 0.15) is 0 Å². The molecule has 130 valence electrons. The Kier molecular flexibility index (Phi) is 5.43. The maximum Gasteiger partial charge on any atom is 0.312 e. The molecule has 5 unspecified atom stereocenters. The summed E-state index contributed by atoms with van der Waals surface area (Å²) in [6.07, 6.45) is 10.6. The zero-order valence-electron chi connectivity index (χ0n) is 15.7. The van der Waals surface area contributed by atoms with Gasteiger partial charge in [-0.3, -0.25) is 4.79 Å². The minimum absolute atomic E-state index is 0.119. The van der Waals surface area contributed by atoms with E-state index in [0.29, 0.717) is 18.4 Å². The molecular weight excluding hydrogens is 284 g/mol. The van der Waals surface area contributed by atoms with Crippen LogP contribution in [-0.2, 0) is 9.53 Å². The van der Waals surface area contributed by atoms with E-state index in [1.54, 1.807) is 0 Å². The standard InChI is InChI=1S/C21H34O2/c1-7-23-19(22)15(2)11-13-20(5)17(4)12-14-21(6)16(3)9-8-10-18(20)21/h11,13,15,17-18H,3,7-10,12,14H2,1-2,4-6H3. The van der Waals surface area contributed by atoms with Crippen molar-refractivity contribution in [1.29, 1.82) is 0 Å². The van der Waals surface area contributed by atoms with Crippen molar-refractivity contribution < 1.29 is 9.53 Å². The van der Waals surface area contributed by atoms with Gasteiger partial charge >= 0.3 is 5.97 Å². The third kappa shape index (κ3) is 3.27. The Balaban J connectivity index is 2.25. The summed E-state index contributed by atoms with van der Waals surface area (Å²) in [6.45, 7) is 15.8. The van der Waals surface area contributed by atoms with E-state index in [-0.39, 0.29) is 22.7 Å². The van der Waals surface area contributed by atoms with Crippen LogP contribution in [-0.4, -0.2) is 12.6 Å². The molecule has 0 bridgehead atoms. The zero-order chi connectivity index (χ0) is 17.3. The van der Waals surface area contributed by atoms with E-state index < -0.39 is 0 Å². The predicted molar refractivity (Wildman–Crippen MR) is 96.0 cm³/mol. The Morgan fingerprint density at radius 1 is 1.43 bits per heavy atom. The number of hydrogen-bond donors (Lipinski definition) is 0. The number of esters is 1. The third-order valence-corrected chi connectivity index (χ3v) is 6.86. The molecule has 0 heterocycles. The van der Waals surface area contributed by atoms with Crippen LogP contribution in [0.15, 0.2) is 24.3 Å². The molecule has 0 aromatic heterocycles. The van der Waals surface area contributed by atoms with E-state index in [2.05, 4.69) is 39.5 Å². The summed E-state index contributed by atoms with van der Waals surface area (Å²) < 4.78 is 5.14. The normalized spacial score (nSPS) is 39.1. The Bertz CT molecular complexity index is 492. The van der Waals surface area contributed by atoms with E-state index >= 15 is 0 Å². The van der Waals surface area contributed by atoms with Crippen LogP contribution in [0.2, 0.25) is 0 Å². The van der Waals surface area contributed by atoms with Gasteiger partial charge in [-0.15, -0.1) is 0 Å². The van der Waals surface area contributed by atoms with Crippen molar-refractivity contribution in [3.8, 4) is 0 Å². The largest absolute Gasteiger partial charge is 0.466 e. The lowest BCUT2D eigenvalue weighted by atomic mass is 9.47. The molecule has 0 amide bonds. The van der Waals surface area contributed by atoms with E-state index in [9.17, 15) is 4.79 Å². The quantitative estimate of drug-likeness (QED) is 0.502. The summed E-state index contributed by atoms with van der Waals surface area (Å²) in [5.41, 5.74) is 1.84. The zero-order valence-corrected chi connectivity index (χ0v) is 15.7. The second kappa shape index (κ2) is 6.83. The summed E-state index contributed by atoms with van der Waals surface area (Å²) in [7, 11) is 0. The van der Waals surface area contributed by atoms with E-state index in [0.717, 1.165) is 0 Å². The average Bonchev–Trinajstić information content (AvgIpc) is 2.51. The van der Waals surface area contributed by atoms with Crippen molar-refractivity contribution in [2.45, 2.75) is 66.7 Å². The van der Waals surface area contributed by atoms with Crippen molar-refractivity contribution in [2.75, 3.05) is 6.61 Å². The molecule has 5 atom stereocenters. The molecule has 2 heteroatoms. The van der Waals surface area contributed by atoms with Gasteiger partial charge in [0.2, 0.25) is 0 Å². The van der Waals surface area contributed by atoms with Gasteiger partial charge in [-0.1, -0.05) is 45.1 Å². The van der Waals surface area contributed by atoms with Crippen molar-refractivity contribution in [3.63, 3.8) is 0 Å². The van der Waals surface area contributed by atoms with Crippen LogP contribution in [0, 0.1) is 28.6 Å². The van der Waals surface area contributed by atoms with Crippen LogP contribution >= 0.6 is 0 Å². The van der Waals surface area contributed by atoms with Gasteiger partial charge in [-0.2, -0.15) is 0 Å². The summed E-state index contributed by atoms with van der Waals surface area (Å²) in [6, 6.07) is 0. The van der Waals surface area contributed by atoms with Crippen LogP contribution in [0.1, 0.15) is 66.7 Å². The average molecular weight is 319 g/mol. The highest BCUT2D eigenvalue weighted by Crippen LogP contribution is 2.61. The Morgan fingerprint density at radius 2 is 2.13 bits per heavy atom. The molecule has 2 rings (SSSR count). The van der Waals surface area contributed by atoms with Gasteiger partial charge in [0.05, 0.1) is 12.5 Å². The van der Waals surface area contributed by atoms with Gasteiger partial charge < -0.3 is 4.74 Å². The molecule has 2 nitrogen and oxygen atoms in total. The fourth-order valence-electron chi connectivity index (χ4n) is 4.87.